The number of pyridine rings is 1. The number of hydrogen-bond acceptors (Lipinski definition) is 4. The van der Waals surface area contributed by atoms with Crippen LogP contribution in [0.2, 0.25) is 0 Å². The standard InChI is InChI=1S/C12H14BrN3S/c1-4-9-8(3)17-12(15-9)16-11-10(13)7(2)5-6-14-11/h5-6H,4H2,1-3H3,(H,14,15,16). The summed E-state index contributed by atoms with van der Waals surface area (Å²) in [5.74, 6) is 0.821. The Hall–Kier alpha value is -0.940. The minimum atomic E-state index is 0.821. The second-order valence-electron chi connectivity index (χ2n) is 3.79. The molecule has 0 aliphatic heterocycles. The maximum atomic E-state index is 4.54. The van der Waals surface area contributed by atoms with Crippen LogP contribution in [-0.4, -0.2) is 9.97 Å². The van der Waals surface area contributed by atoms with Gasteiger partial charge in [-0.15, -0.1) is 11.3 Å². The van der Waals surface area contributed by atoms with Crippen LogP contribution >= 0.6 is 27.3 Å². The van der Waals surface area contributed by atoms with E-state index in [1.807, 2.05) is 13.0 Å². The van der Waals surface area contributed by atoms with E-state index in [0.29, 0.717) is 0 Å². The van der Waals surface area contributed by atoms with Crippen molar-refractivity contribution in [1.82, 2.24) is 9.97 Å². The Labute approximate surface area is 113 Å². The van der Waals surface area contributed by atoms with Gasteiger partial charge in [0.1, 0.15) is 5.82 Å². The molecule has 2 heterocycles. The number of halogens is 1. The van der Waals surface area contributed by atoms with Crippen molar-refractivity contribution in [1.29, 1.82) is 0 Å². The molecule has 0 atom stereocenters. The molecular weight excluding hydrogens is 298 g/mol. The highest BCUT2D eigenvalue weighted by molar-refractivity contribution is 9.10. The lowest BCUT2D eigenvalue weighted by Gasteiger charge is -2.05. The Morgan fingerprint density at radius 1 is 1.41 bits per heavy atom. The highest BCUT2D eigenvalue weighted by Crippen LogP contribution is 2.29. The zero-order chi connectivity index (χ0) is 12.4. The van der Waals surface area contributed by atoms with E-state index in [2.05, 4.69) is 45.1 Å². The Kier molecular flexibility index (Phi) is 3.79. The number of anilines is 2. The van der Waals surface area contributed by atoms with Gasteiger partial charge in [0, 0.05) is 11.1 Å². The highest BCUT2D eigenvalue weighted by atomic mass is 79.9. The molecule has 17 heavy (non-hydrogen) atoms. The predicted octanol–water partition coefficient (Wildman–Crippen LogP) is 4.22. The molecule has 0 saturated carbocycles. The van der Waals surface area contributed by atoms with Crippen molar-refractivity contribution in [2.24, 2.45) is 0 Å². The smallest absolute Gasteiger partial charge is 0.188 e. The summed E-state index contributed by atoms with van der Waals surface area (Å²) < 4.78 is 0.992. The molecular formula is C12H14BrN3S. The Morgan fingerprint density at radius 2 is 2.18 bits per heavy atom. The van der Waals surface area contributed by atoms with Crippen molar-refractivity contribution >= 4 is 38.2 Å². The van der Waals surface area contributed by atoms with Crippen LogP contribution in [0.25, 0.3) is 0 Å². The summed E-state index contributed by atoms with van der Waals surface area (Å²) in [5.41, 5.74) is 2.31. The van der Waals surface area contributed by atoms with E-state index in [1.165, 1.54) is 4.88 Å². The van der Waals surface area contributed by atoms with E-state index in [1.54, 1.807) is 17.5 Å². The van der Waals surface area contributed by atoms with Crippen molar-refractivity contribution in [2.45, 2.75) is 27.2 Å². The normalized spacial score (nSPS) is 10.6. The zero-order valence-electron chi connectivity index (χ0n) is 10.0. The van der Waals surface area contributed by atoms with Gasteiger partial charge in [-0.25, -0.2) is 9.97 Å². The molecule has 0 amide bonds. The molecule has 0 fully saturated rings. The fourth-order valence-electron chi connectivity index (χ4n) is 1.54. The lowest BCUT2D eigenvalue weighted by Crippen LogP contribution is -1.95. The second-order valence-corrected chi connectivity index (χ2v) is 5.79. The molecule has 0 aliphatic carbocycles. The molecule has 1 N–H and O–H groups in total. The number of rotatable bonds is 3. The van der Waals surface area contributed by atoms with Gasteiger partial charge in [-0.2, -0.15) is 0 Å². The highest BCUT2D eigenvalue weighted by Gasteiger charge is 2.09. The van der Waals surface area contributed by atoms with E-state index in [-0.39, 0.29) is 0 Å². The SMILES string of the molecule is CCc1nc(Nc2nccc(C)c2Br)sc1C. The number of thiazole rings is 1. The first kappa shape index (κ1) is 12.5. The van der Waals surface area contributed by atoms with Gasteiger partial charge in [0.2, 0.25) is 0 Å². The average Bonchev–Trinajstić information content (AvgIpc) is 2.65. The first-order valence-electron chi connectivity index (χ1n) is 5.46. The Morgan fingerprint density at radius 3 is 2.82 bits per heavy atom. The maximum absolute atomic E-state index is 4.54. The number of nitrogens with zero attached hydrogens (tertiary/aromatic N) is 2. The largest absolute Gasteiger partial charge is 0.315 e. The summed E-state index contributed by atoms with van der Waals surface area (Å²) in [6.07, 6.45) is 2.76. The van der Waals surface area contributed by atoms with Gasteiger partial charge in [0.15, 0.2) is 5.13 Å². The van der Waals surface area contributed by atoms with Crippen molar-refractivity contribution < 1.29 is 0 Å². The van der Waals surface area contributed by atoms with E-state index < -0.39 is 0 Å². The minimum absolute atomic E-state index is 0.821. The van der Waals surface area contributed by atoms with Gasteiger partial charge in [-0.3, -0.25) is 0 Å². The van der Waals surface area contributed by atoms with Crippen molar-refractivity contribution in [3.8, 4) is 0 Å². The molecule has 2 aromatic rings. The quantitative estimate of drug-likeness (QED) is 0.922. The van der Waals surface area contributed by atoms with Crippen LogP contribution in [0.3, 0.4) is 0 Å². The summed E-state index contributed by atoms with van der Waals surface area (Å²) in [5, 5.41) is 4.16. The molecule has 0 bridgehead atoms. The lowest BCUT2D eigenvalue weighted by molar-refractivity contribution is 1.04. The first-order chi connectivity index (χ1) is 8.11. The first-order valence-corrected chi connectivity index (χ1v) is 7.07. The van der Waals surface area contributed by atoms with Crippen LogP contribution in [0.4, 0.5) is 10.9 Å². The number of nitrogens with one attached hydrogen (secondary N) is 1. The molecule has 2 aromatic heterocycles. The van der Waals surface area contributed by atoms with Gasteiger partial charge in [-0.05, 0) is 47.8 Å². The predicted molar refractivity (Wildman–Crippen MR) is 76.2 cm³/mol. The summed E-state index contributed by atoms with van der Waals surface area (Å²) in [4.78, 5) is 10.1. The Bertz CT molecular complexity index is 537. The van der Waals surface area contributed by atoms with E-state index >= 15 is 0 Å². The van der Waals surface area contributed by atoms with Gasteiger partial charge >= 0.3 is 0 Å². The molecule has 0 saturated heterocycles. The van der Waals surface area contributed by atoms with E-state index in [0.717, 1.165) is 33.1 Å². The van der Waals surface area contributed by atoms with Crippen LogP contribution in [0.1, 0.15) is 23.1 Å². The van der Waals surface area contributed by atoms with Gasteiger partial charge in [0.05, 0.1) is 10.2 Å². The molecule has 3 nitrogen and oxygen atoms in total. The molecule has 5 heteroatoms. The molecule has 0 unspecified atom stereocenters. The fraction of sp³-hybridized carbons (Fsp3) is 0.333. The van der Waals surface area contributed by atoms with Crippen molar-refractivity contribution in [2.75, 3.05) is 5.32 Å². The van der Waals surface area contributed by atoms with E-state index in [4.69, 9.17) is 0 Å². The van der Waals surface area contributed by atoms with Crippen LogP contribution in [0.5, 0.6) is 0 Å². The molecule has 2 rings (SSSR count). The molecule has 0 radical (unpaired) electrons. The monoisotopic (exact) mass is 311 g/mol. The zero-order valence-corrected chi connectivity index (χ0v) is 12.4. The van der Waals surface area contributed by atoms with Crippen LogP contribution in [0, 0.1) is 13.8 Å². The molecule has 0 spiro atoms. The maximum Gasteiger partial charge on any atom is 0.188 e. The van der Waals surface area contributed by atoms with Gasteiger partial charge in [0.25, 0.3) is 0 Å². The molecule has 0 aromatic carbocycles. The van der Waals surface area contributed by atoms with Gasteiger partial charge < -0.3 is 5.32 Å². The van der Waals surface area contributed by atoms with Crippen LogP contribution in [-0.2, 0) is 6.42 Å². The summed E-state index contributed by atoms with van der Waals surface area (Å²) in [6, 6.07) is 1.97. The third-order valence-corrected chi connectivity index (χ3v) is 4.46. The fourth-order valence-corrected chi connectivity index (χ4v) is 2.77. The van der Waals surface area contributed by atoms with Crippen molar-refractivity contribution in [3.05, 3.63) is 32.9 Å². The summed E-state index contributed by atoms with van der Waals surface area (Å²) >= 11 is 5.20. The molecule has 90 valence electrons. The average molecular weight is 312 g/mol. The van der Waals surface area contributed by atoms with E-state index in [9.17, 15) is 0 Å². The van der Waals surface area contributed by atoms with Crippen molar-refractivity contribution in [3.63, 3.8) is 0 Å². The summed E-state index contributed by atoms with van der Waals surface area (Å²) in [6.45, 7) is 6.26. The lowest BCUT2D eigenvalue weighted by atomic mass is 10.3. The topological polar surface area (TPSA) is 37.8 Å². The molecule has 0 aliphatic rings. The number of aromatic nitrogens is 2. The number of aryl methyl sites for hydroxylation is 3. The third-order valence-electron chi connectivity index (χ3n) is 2.54. The third kappa shape index (κ3) is 2.66. The van der Waals surface area contributed by atoms with Crippen LogP contribution < -0.4 is 5.32 Å². The van der Waals surface area contributed by atoms with Crippen LogP contribution in [0.15, 0.2) is 16.7 Å². The second kappa shape index (κ2) is 5.14. The minimum Gasteiger partial charge on any atom is -0.315 e. The number of hydrogen-bond donors (Lipinski definition) is 1. The summed E-state index contributed by atoms with van der Waals surface area (Å²) in [7, 11) is 0. The Balaban J connectivity index is 2.28. The van der Waals surface area contributed by atoms with Gasteiger partial charge in [-0.1, -0.05) is 6.92 Å².